The van der Waals surface area contributed by atoms with Gasteiger partial charge in [-0.2, -0.15) is 0 Å². The van der Waals surface area contributed by atoms with Gasteiger partial charge in [0.1, 0.15) is 0 Å². The molecule has 0 bridgehead atoms. The standard InChI is InChI=1S/C16H17N3S/c1-17-15(14-8-11-4-2-3-5-13(11)14)9-12-10-19-6-7-20-16(19)18-12/h2-7,10,14-15,17H,8-9H2,1H3. The van der Waals surface area contributed by atoms with Crippen LogP contribution in [0.1, 0.15) is 22.7 Å². The Balaban J connectivity index is 1.56. The number of hydrogen-bond acceptors (Lipinski definition) is 3. The third-order valence-corrected chi connectivity index (χ3v) is 5.09. The molecule has 2 aromatic heterocycles. The molecule has 0 amide bonds. The van der Waals surface area contributed by atoms with Crippen LogP contribution in [0.5, 0.6) is 0 Å². The summed E-state index contributed by atoms with van der Waals surface area (Å²) in [6.45, 7) is 0. The van der Waals surface area contributed by atoms with Gasteiger partial charge in [-0.05, 0) is 24.6 Å². The van der Waals surface area contributed by atoms with Crippen LogP contribution in [0.2, 0.25) is 0 Å². The first-order valence-corrected chi connectivity index (χ1v) is 7.89. The van der Waals surface area contributed by atoms with Crippen LogP contribution in [0.4, 0.5) is 0 Å². The lowest BCUT2D eigenvalue weighted by atomic mass is 9.72. The highest BCUT2D eigenvalue weighted by Crippen LogP contribution is 2.38. The number of aromatic nitrogens is 2. The number of nitrogens with one attached hydrogen (secondary N) is 1. The third kappa shape index (κ3) is 1.87. The Bertz CT molecular complexity index is 714. The van der Waals surface area contributed by atoms with Gasteiger partial charge in [0.15, 0.2) is 4.96 Å². The van der Waals surface area contributed by atoms with Crippen LogP contribution < -0.4 is 5.32 Å². The molecule has 2 heterocycles. The molecule has 1 N–H and O–H groups in total. The van der Waals surface area contributed by atoms with Crippen molar-refractivity contribution in [3.05, 3.63) is 58.9 Å². The molecule has 1 aliphatic rings. The predicted molar refractivity (Wildman–Crippen MR) is 82.5 cm³/mol. The highest BCUT2D eigenvalue weighted by atomic mass is 32.1. The summed E-state index contributed by atoms with van der Waals surface area (Å²) in [5.74, 6) is 0.621. The van der Waals surface area contributed by atoms with Gasteiger partial charge in [0, 0.05) is 36.2 Å². The van der Waals surface area contributed by atoms with Crippen molar-refractivity contribution in [1.29, 1.82) is 0 Å². The zero-order valence-electron chi connectivity index (χ0n) is 11.4. The first-order chi connectivity index (χ1) is 9.85. The van der Waals surface area contributed by atoms with Crippen LogP contribution >= 0.6 is 11.3 Å². The van der Waals surface area contributed by atoms with Crippen LogP contribution in [-0.2, 0) is 12.8 Å². The second-order valence-electron chi connectivity index (χ2n) is 5.43. The number of likely N-dealkylation sites (N-methyl/N-ethyl adjacent to an activating group) is 1. The predicted octanol–water partition coefficient (Wildman–Crippen LogP) is 2.87. The fraction of sp³-hybridized carbons (Fsp3) is 0.312. The molecular formula is C16H17N3S. The smallest absolute Gasteiger partial charge is 0.193 e. The Morgan fingerprint density at radius 2 is 2.35 bits per heavy atom. The topological polar surface area (TPSA) is 29.3 Å². The zero-order valence-corrected chi connectivity index (χ0v) is 12.2. The van der Waals surface area contributed by atoms with Crippen molar-refractivity contribution in [2.45, 2.75) is 24.8 Å². The Morgan fingerprint density at radius 3 is 3.15 bits per heavy atom. The van der Waals surface area contributed by atoms with Gasteiger partial charge in [0.25, 0.3) is 0 Å². The molecule has 0 aliphatic heterocycles. The number of imidazole rings is 1. The van der Waals surface area contributed by atoms with Crippen molar-refractivity contribution in [1.82, 2.24) is 14.7 Å². The second kappa shape index (κ2) is 4.72. The average molecular weight is 283 g/mol. The van der Waals surface area contributed by atoms with E-state index in [1.54, 1.807) is 11.3 Å². The van der Waals surface area contributed by atoms with Crippen LogP contribution in [0.15, 0.2) is 42.0 Å². The van der Waals surface area contributed by atoms with Gasteiger partial charge in [-0.25, -0.2) is 4.98 Å². The normalized spacial score (nSPS) is 18.8. The number of thiazole rings is 1. The lowest BCUT2D eigenvalue weighted by Gasteiger charge is -2.36. The quantitative estimate of drug-likeness (QED) is 0.798. The molecule has 2 unspecified atom stereocenters. The molecule has 0 saturated heterocycles. The summed E-state index contributed by atoms with van der Waals surface area (Å²) in [4.78, 5) is 5.79. The molecule has 4 heteroatoms. The summed E-state index contributed by atoms with van der Waals surface area (Å²) < 4.78 is 2.11. The van der Waals surface area contributed by atoms with Gasteiger partial charge in [-0.1, -0.05) is 24.3 Å². The van der Waals surface area contributed by atoms with Gasteiger partial charge >= 0.3 is 0 Å². The Kier molecular flexibility index (Phi) is 2.86. The van der Waals surface area contributed by atoms with E-state index >= 15 is 0 Å². The number of nitrogens with zero attached hydrogens (tertiary/aromatic N) is 2. The van der Waals surface area contributed by atoms with E-state index in [1.807, 2.05) is 0 Å². The highest BCUT2D eigenvalue weighted by Gasteiger charge is 2.32. The molecule has 0 fully saturated rings. The van der Waals surface area contributed by atoms with Crippen LogP contribution in [-0.4, -0.2) is 22.5 Å². The van der Waals surface area contributed by atoms with E-state index in [4.69, 9.17) is 4.98 Å². The summed E-state index contributed by atoms with van der Waals surface area (Å²) in [5.41, 5.74) is 4.19. The number of fused-ring (bicyclic) bond motifs is 2. The molecule has 0 saturated carbocycles. The van der Waals surface area contributed by atoms with Gasteiger partial charge in [0.05, 0.1) is 5.69 Å². The fourth-order valence-corrected chi connectivity index (χ4v) is 3.92. The van der Waals surface area contributed by atoms with Crippen LogP contribution in [0.3, 0.4) is 0 Å². The summed E-state index contributed by atoms with van der Waals surface area (Å²) in [6.07, 6.45) is 6.40. The van der Waals surface area contributed by atoms with Gasteiger partial charge < -0.3 is 5.32 Å². The van der Waals surface area contributed by atoms with E-state index in [0.29, 0.717) is 12.0 Å². The van der Waals surface area contributed by atoms with Gasteiger partial charge in [0.2, 0.25) is 0 Å². The van der Waals surface area contributed by atoms with Gasteiger partial charge in [-0.15, -0.1) is 11.3 Å². The SMILES string of the molecule is CNC(Cc1cn2ccsc2n1)C1Cc2ccccc21. The number of benzene rings is 1. The molecule has 3 aromatic rings. The summed E-state index contributed by atoms with van der Waals surface area (Å²) in [5, 5.41) is 5.56. The Hall–Kier alpha value is -1.65. The number of hydrogen-bond donors (Lipinski definition) is 1. The first-order valence-electron chi connectivity index (χ1n) is 7.01. The van der Waals surface area contributed by atoms with Crippen molar-refractivity contribution in [2.24, 2.45) is 0 Å². The van der Waals surface area contributed by atoms with E-state index in [-0.39, 0.29) is 0 Å². The molecule has 3 nitrogen and oxygen atoms in total. The maximum atomic E-state index is 4.70. The monoisotopic (exact) mass is 283 g/mol. The minimum Gasteiger partial charge on any atom is -0.316 e. The molecule has 102 valence electrons. The molecule has 2 atom stereocenters. The van der Waals surface area contributed by atoms with Crippen LogP contribution in [0.25, 0.3) is 4.96 Å². The minimum atomic E-state index is 0.467. The van der Waals surface area contributed by atoms with Crippen molar-refractivity contribution in [2.75, 3.05) is 7.05 Å². The zero-order chi connectivity index (χ0) is 13.5. The maximum Gasteiger partial charge on any atom is 0.193 e. The van der Waals surface area contributed by atoms with E-state index in [9.17, 15) is 0 Å². The van der Waals surface area contributed by atoms with Crippen LogP contribution in [0, 0.1) is 0 Å². The van der Waals surface area contributed by atoms with E-state index in [2.05, 4.69) is 58.8 Å². The summed E-state index contributed by atoms with van der Waals surface area (Å²) >= 11 is 1.69. The second-order valence-corrected chi connectivity index (χ2v) is 6.31. The minimum absolute atomic E-state index is 0.467. The summed E-state index contributed by atoms with van der Waals surface area (Å²) in [6, 6.07) is 9.25. The molecular weight excluding hydrogens is 266 g/mol. The molecule has 20 heavy (non-hydrogen) atoms. The largest absolute Gasteiger partial charge is 0.316 e. The third-order valence-electron chi connectivity index (χ3n) is 4.32. The van der Waals surface area contributed by atoms with Crippen molar-refractivity contribution < 1.29 is 0 Å². The Labute approximate surface area is 122 Å². The fourth-order valence-electron chi connectivity index (χ4n) is 3.20. The number of rotatable bonds is 4. The van der Waals surface area contributed by atoms with Crippen molar-refractivity contribution in [3.63, 3.8) is 0 Å². The average Bonchev–Trinajstić information content (AvgIpc) is 2.99. The first kappa shape index (κ1) is 12.1. The molecule has 4 rings (SSSR count). The molecule has 0 spiro atoms. The van der Waals surface area contributed by atoms with Crippen molar-refractivity contribution in [3.8, 4) is 0 Å². The lowest BCUT2D eigenvalue weighted by Crippen LogP contribution is -2.39. The summed E-state index contributed by atoms with van der Waals surface area (Å²) in [7, 11) is 2.06. The molecule has 1 aromatic carbocycles. The van der Waals surface area contributed by atoms with Crippen molar-refractivity contribution >= 4 is 16.3 Å². The molecule has 0 radical (unpaired) electrons. The highest BCUT2D eigenvalue weighted by molar-refractivity contribution is 7.15. The van der Waals surface area contributed by atoms with Gasteiger partial charge in [-0.3, -0.25) is 4.40 Å². The van der Waals surface area contributed by atoms with E-state index in [1.165, 1.54) is 23.2 Å². The van der Waals surface area contributed by atoms with E-state index < -0.39 is 0 Å². The Morgan fingerprint density at radius 1 is 1.45 bits per heavy atom. The maximum absolute atomic E-state index is 4.70. The van der Waals surface area contributed by atoms with E-state index in [0.717, 1.165) is 11.4 Å². The lowest BCUT2D eigenvalue weighted by molar-refractivity contribution is 0.420. The molecule has 1 aliphatic carbocycles.